The second kappa shape index (κ2) is 9.67. The molecular formula is C24H21ClF2N6O3. The van der Waals surface area contributed by atoms with E-state index >= 15 is 0 Å². The lowest BCUT2D eigenvalue weighted by atomic mass is 10.1. The first-order valence-corrected chi connectivity index (χ1v) is 11.1. The lowest BCUT2D eigenvalue weighted by Crippen LogP contribution is -2.24. The highest BCUT2D eigenvalue weighted by atomic mass is 35.5. The Hall–Kier alpha value is -3.83. The predicted octanol–water partition coefficient (Wildman–Crippen LogP) is 3.83. The fourth-order valence-electron chi connectivity index (χ4n) is 3.34. The molecule has 0 saturated carbocycles. The van der Waals surface area contributed by atoms with Crippen LogP contribution in [0.25, 0.3) is 17.1 Å². The van der Waals surface area contributed by atoms with E-state index in [4.69, 9.17) is 16.3 Å². The van der Waals surface area contributed by atoms with Crippen LogP contribution in [0, 0.1) is 25.5 Å². The first-order valence-electron chi connectivity index (χ1n) is 10.7. The average molecular weight is 515 g/mol. The molecular weight excluding hydrogens is 494 g/mol. The molecule has 0 fully saturated rings. The van der Waals surface area contributed by atoms with E-state index in [2.05, 4.69) is 24.9 Å². The van der Waals surface area contributed by atoms with Crippen molar-refractivity contribution in [1.29, 1.82) is 0 Å². The van der Waals surface area contributed by atoms with E-state index in [1.807, 2.05) is 0 Å². The van der Waals surface area contributed by atoms with Crippen LogP contribution < -0.4 is 10.3 Å². The Morgan fingerprint density at radius 3 is 2.53 bits per heavy atom. The highest BCUT2D eigenvalue weighted by Crippen LogP contribution is 2.25. The smallest absolute Gasteiger partial charge is 0.280 e. The highest BCUT2D eigenvalue weighted by Gasteiger charge is 2.22. The Balaban J connectivity index is 1.72. The number of ether oxygens (including phenoxy) is 1. The van der Waals surface area contributed by atoms with Crippen LogP contribution in [0.4, 0.5) is 8.78 Å². The van der Waals surface area contributed by atoms with Crippen molar-refractivity contribution in [2.45, 2.75) is 39.9 Å². The maximum atomic E-state index is 13.9. The number of aliphatic hydroxyl groups is 1. The summed E-state index contributed by atoms with van der Waals surface area (Å²) in [6.45, 7) is 6.08. The SMILES string of the molecule is Cc1cnc(-c2ccnc(C(C)(C)O)n2)cc1-n1c(C)nc(OCc2ncc(F)cc2F)c(Cl)c1=O. The van der Waals surface area contributed by atoms with Gasteiger partial charge in [-0.3, -0.25) is 19.3 Å². The third-order valence-electron chi connectivity index (χ3n) is 5.18. The summed E-state index contributed by atoms with van der Waals surface area (Å²) in [5.74, 6) is -1.47. The number of aryl methyl sites for hydroxylation is 2. The monoisotopic (exact) mass is 514 g/mol. The topological polar surface area (TPSA) is 116 Å². The van der Waals surface area contributed by atoms with E-state index in [1.54, 1.807) is 46.0 Å². The van der Waals surface area contributed by atoms with Gasteiger partial charge in [-0.05, 0) is 45.4 Å². The number of pyridine rings is 2. The molecule has 0 amide bonds. The molecule has 1 N–H and O–H groups in total. The predicted molar refractivity (Wildman–Crippen MR) is 127 cm³/mol. The average Bonchev–Trinajstić information content (AvgIpc) is 2.82. The second-order valence-electron chi connectivity index (χ2n) is 8.47. The van der Waals surface area contributed by atoms with Crippen molar-refractivity contribution in [3.63, 3.8) is 0 Å². The second-order valence-corrected chi connectivity index (χ2v) is 8.85. The molecule has 0 aliphatic carbocycles. The van der Waals surface area contributed by atoms with Gasteiger partial charge in [0.15, 0.2) is 16.7 Å². The zero-order chi connectivity index (χ0) is 26.2. The molecule has 0 bridgehead atoms. The minimum Gasteiger partial charge on any atom is -0.470 e. The molecule has 4 heterocycles. The van der Waals surface area contributed by atoms with E-state index in [9.17, 15) is 18.7 Å². The normalized spacial score (nSPS) is 11.6. The zero-order valence-electron chi connectivity index (χ0n) is 19.8. The van der Waals surface area contributed by atoms with Gasteiger partial charge >= 0.3 is 0 Å². The van der Waals surface area contributed by atoms with Gasteiger partial charge in [0, 0.05) is 18.5 Å². The highest BCUT2D eigenvalue weighted by molar-refractivity contribution is 6.31. The minimum absolute atomic E-state index is 0.166. The zero-order valence-corrected chi connectivity index (χ0v) is 20.5. The molecule has 0 unspecified atom stereocenters. The number of aromatic nitrogens is 6. The summed E-state index contributed by atoms with van der Waals surface area (Å²) in [7, 11) is 0. The molecule has 4 aromatic rings. The van der Waals surface area contributed by atoms with Crippen LogP contribution >= 0.6 is 11.6 Å². The Kier molecular flexibility index (Phi) is 6.79. The number of rotatable bonds is 6. The van der Waals surface area contributed by atoms with Crippen LogP contribution in [0.15, 0.2) is 41.6 Å². The van der Waals surface area contributed by atoms with Gasteiger partial charge in [-0.15, -0.1) is 0 Å². The molecule has 0 aliphatic rings. The fourth-order valence-corrected chi connectivity index (χ4v) is 3.52. The van der Waals surface area contributed by atoms with Crippen molar-refractivity contribution in [3.05, 3.63) is 86.7 Å². The summed E-state index contributed by atoms with van der Waals surface area (Å²) in [5, 5.41) is 9.92. The van der Waals surface area contributed by atoms with Crippen molar-refractivity contribution in [2.24, 2.45) is 0 Å². The van der Waals surface area contributed by atoms with Crippen LogP contribution in [0.1, 0.15) is 36.8 Å². The maximum absolute atomic E-state index is 13.9. The maximum Gasteiger partial charge on any atom is 0.280 e. The molecule has 4 aromatic heterocycles. The Morgan fingerprint density at radius 2 is 1.83 bits per heavy atom. The first kappa shape index (κ1) is 25.3. The Morgan fingerprint density at radius 1 is 1.08 bits per heavy atom. The standard InChI is InChI=1S/C24H21ClF2N6O3/c1-12-9-29-17(16-5-6-28-23(32-16)24(3,4)35)8-19(12)33-13(2)31-21(20(25)22(33)34)36-11-18-15(27)7-14(26)10-30-18/h5-10,35H,11H2,1-4H3. The van der Waals surface area contributed by atoms with Gasteiger partial charge in [0.1, 0.15) is 29.5 Å². The minimum atomic E-state index is -1.25. The summed E-state index contributed by atoms with van der Waals surface area (Å²) in [6.07, 6.45) is 3.94. The van der Waals surface area contributed by atoms with E-state index in [0.29, 0.717) is 28.7 Å². The number of nitrogens with zero attached hydrogens (tertiary/aromatic N) is 6. The number of halogens is 3. The largest absolute Gasteiger partial charge is 0.470 e. The molecule has 9 nitrogen and oxygen atoms in total. The molecule has 0 saturated heterocycles. The van der Waals surface area contributed by atoms with Crippen LogP contribution in [0.2, 0.25) is 5.02 Å². The molecule has 186 valence electrons. The summed E-state index contributed by atoms with van der Waals surface area (Å²) < 4.78 is 33.7. The lowest BCUT2D eigenvalue weighted by Gasteiger charge is -2.17. The van der Waals surface area contributed by atoms with Crippen LogP contribution in [-0.2, 0) is 12.2 Å². The summed E-state index contributed by atoms with van der Waals surface area (Å²) in [5.41, 5.74) is -0.0433. The molecule has 0 spiro atoms. The van der Waals surface area contributed by atoms with Gasteiger partial charge in [-0.25, -0.2) is 18.7 Å². The van der Waals surface area contributed by atoms with Crippen LogP contribution in [0.5, 0.6) is 5.88 Å². The quantitative estimate of drug-likeness (QED) is 0.412. The van der Waals surface area contributed by atoms with Crippen molar-refractivity contribution < 1.29 is 18.6 Å². The van der Waals surface area contributed by atoms with E-state index in [0.717, 1.165) is 6.20 Å². The summed E-state index contributed by atoms with van der Waals surface area (Å²) >= 11 is 6.27. The van der Waals surface area contributed by atoms with Crippen molar-refractivity contribution >= 4 is 11.6 Å². The summed E-state index contributed by atoms with van der Waals surface area (Å²) in [6, 6.07) is 3.96. The molecule has 12 heteroatoms. The van der Waals surface area contributed by atoms with Gasteiger partial charge in [-0.2, -0.15) is 4.98 Å². The van der Waals surface area contributed by atoms with Gasteiger partial charge < -0.3 is 9.84 Å². The van der Waals surface area contributed by atoms with Gasteiger partial charge in [-0.1, -0.05) is 11.6 Å². The van der Waals surface area contributed by atoms with Crippen molar-refractivity contribution in [3.8, 4) is 23.0 Å². The van der Waals surface area contributed by atoms with E-state index in [1.165, 1.54) is 10.8 Å². The van der Waals surface area contributed by atoms with E-state index < -0.39 is 29.4 Å². The van der Waals surface area contributed by atoms with Crippen LogP contribution in [-0.4, -0.2) is 34.6 Å². The molecule has 0 atom stereocenters. The fraction of sp³-hybridized carbons (Fsp3) is 0.250. The van der Waals surface area contributed by atoms with Crippen LogP contribution in [0.3, 0.4) is 0 Å². The third-order valence-corrected chi connectivity index (χ3v) is 5.50. The molecule has 4 rings (SSSR count). The third kappa shape index (κ3) is 5.07. The Labute approximate surface area is 209 Å². The summed E-state index contributed by atoms with van der Waals surface area (Å²) in [4.78, 5) is 34.0. The molecule has 0 aliphatic heterocycles. The first-order chi connectivity index (χ1) is 17.0. The molecule has 36 heavy (non-hydrogen) atoms. The van der Waals surface area contributed by atoms with Gasteiger partial charge in [0.05, 0.1) is 23.3 Å². The lowest BCUT2D eigenvalue weighted by molar-refractivity contribution is 0.0688. The van der Waals surface area contributed by atoms with Gasteiger partial charge in [0.25, 0.3) is 5.56 Å². The van der Waals surface area contributed by atoms with E-state index in [-0.39, 0.29) is 28.2 Å². The number of hydrogen-bond donors (Lipinski definition) is 1. The number of hydrogen-bond acceptors (Lipinski definition) is 8. The van der Waals surface area contributed by atoms with Crippen molar-refractivity contribution in [2.75, 3.05) is 0 Å². The van der Waals surface area contributed by atoms with Crippen molar-refractivity contribution in [1.82, 2.24) is 29.5 Å². The Bertz CT molecular complexity index is 1520. The van der Waals surface area contributed by atoms with Gasteiger partial charge in [0.2, 0.25) is 5.88 Å². The molecule has 0 radical (unpaired) electrons. The molecule has 0 aromatic carbocycles.